The lowest BCUT2D eigenvalue weighted by Crippen LogP contribution is -2.47. The van der Waals surface area contributed by atoms with Crippen molar-refractivity contribution >= 4 is 35.1 Å². The molecule has 0 bridgehead atoms. The van der Waals surface area contributed by atoms with Crippen molar-refractivity contribution in [3.8, 4) is 0 Å². The van der Waals surface area contributed by atoms with Crippen molar-refractivity contribution in [2.45, 2.75) is 38.8 Å². The van der Waals surface area contributed by atoms with Crippen LogP contribution in [0.4, 0.5) is 0 Å². The Morgan fingerprint density at radius 3 is 2.48 bits per heavy atom. The van der Waals surface area contributed by atoms with Crippen LogP contribution in [-0.2, 0) is 20.7 Å². The number of hydrogen-bond acceptors (Lipinski definition) is 4. The minimum absolute atomic E-state index is 0.142. The van der Waals surface area contributed by atoms with E-state index in [0.29, 0.717) is 22.0 Å². The Balaban J connectivity index is 2.84. The van der Waals surface area contributed by atoms with Crippen molar-refractivity contribution in [3.05, 3.63) is 33.8 Å². The van der Waals surface area contributed by atoms with E-state index >= 15 is 0 Å². The lowest BCUT2D eigenvalue weighted by atomic mass is 10.0. The summed E-state index contributed by atoms with van der Waals surface area (Å²) in [6.45, 7) is 3.78. The monoisotopic (exact) mass is 361 g/mol. The fraction of sp³-hybridized carbons (Fsp3) is 0.500. The second-order valence-corrected chi connectivity index (χ2v) is 6.51. The summed E-state index contributed by atoms with van der Waals surface area (Å²) in [4.78, 5) is 23.9. The Bertz CT molecular complexity index is 563. The van der Waals surface area contributed by atoms with E-state index in [1.54, 1.807) is 18.2 Å². The van der Waals surface area contributed by atoms with Crippen LogP contribution in [0.1, 0.15) is 25.8 Å². The molecule has 0 spiro atoms. The second-order valence-electron chi connectivity index (χ2n) is 5.67. The zero-order valence-corrected chi connectivity index (χ0v) is 14.8. The molecule has 0 heterocycles. The van der Waals surface area contributed by atoms with Gasteiger partial charge in [0.2, 0.25) is 5.91 Å². The number of aliphatic hydroxyl groups is 1. The van der Waals surface area contributed by atoms with Crippen LogP contribution in [-0.4, -0.2) is 36.2 Å². The van der Waals surface area contributed by atoms with Crippen LogP contribution in [0.3, 0.4) is 0 Å². The van der Waals surface area contributed by atoms with Crippen LogP contribution < -0.4 is 5.32 Å². The molecule has 2 N–H and O–H groups in total. The van der Waals surface area contributed by atoms with Gasteiger partial charge in [0, 0.05) is 16.5 Å². The van der Waals surface area contributed by atoms with Crippen molar-refractivity contribution in [2.75, 3.05) is 7.11 Å². The highest BCUT2D eigenvalue weighted by Gasteiger charge is 2.26. The Morgan fingerprint density at radius 1 is 1.30 bits per heavy atom. The first-order chi connectivity index (χ1) is 10.7. The molecule has 0 fully saturated rings. The second kappa shape index (κ2) is 9.11. The molecule has 0 saturated carbocycles. The summed E-state index contributed by atoms with van der Waals surface area (Å²) < 4.78 is 4.71. The minimum Gasteiger partial charge on any atom is -0.467 e. The number of ether oxygens (including phenoxy) is 1. The van der Waals surface area contributed by atoms with E-state index in [2.05, 4.69) is 5.32 Å². The molecule has 1 rings (SSSR count). The molecular formula is C16H21Cl2NO4. The number of benzene rings is 1. The van der Waals surface area contributed by atoms with E-state index in [0.717, 1.165) is 0 Å². The molecule has 1 aromatic rings. The van der Waals surface area contributed by atoms with Gasteiger partial charge in [-0.2, -0.15) is 0 Å². The number of esters is 1. The lowest BCUT2D eigenvalue weighted by Gasteiger charge is -2.20. The Morgan fingerprint density at radius 2 is 1.96 bits per heavy atom. The van der Waals surface area contributed by atoms with Gasteiger partial charge < -0.3 is 15.2 Å². The summed E-state index contributed by atoms with van der Waals surface area (Å²) in [5.41, 5.74) is 0.644. The summed E-state index contributed by atoms with van der Waals surface area (Å²) in [6, 6.07) is 3.94. The van der Waals surface area contributed by atoms with E-state index in [1.165, 1.54) is 7.11 Å². The van der Waals surface area contributed by atoms with Crippen LogP contribution in [0.2, 0.25) is 10.0 Å². The number of aliphatic hydroxyl groups excluding tert-OH is 1. The van der Waals surface area contributed by atoms with E-state index in [1.807, 2.05) is 13.8 Å². The quantitative estimate of drug-likeness (QED) is 0.731. The average molecular weight is 362 g/mol. The van der Waals surface area contributed by atoms with E-state index in [-0.39, 0.29) is 12.3 Å². The van der Waals surface area contributed by atoms with Gasteiger partial charge in [-0.15, -0.1) is 0 Å². The van der Waals surface area contributed by atoms with Crippen molar-refractivity contribution in [3.63, 3.8) is 0 Å². The van der Waals surface area contributed by atoms with E-state index in [4.69, 9.17) is 27.9 Å². The SMILES string of the molecule is COC(=O)[C@@H](Cc1ccc(Cl)cc1Cl)NC(=O)[C@H](O)CC(C)C. The first-order valence-corrected chi connectivity index (χ1v) is 8.00. The molecule has 0 saturated heterocycles. The number of hydrogen-bond donors (Lipinski definition) is 2. The molecule has 2 atom stereocenters. The normalized spacial score (nSPS) is 13.5. The zero-order valence-electron chi connectivity index (χ0n) is 13.3. The van der Waals surface area contributed by atoms with Gasteiger partial charge in [0.1, 0.15) is 12.1 Å². The highest BCUT2D eigenvalue weighted by atomic mass is 35.5. The van der Waals surface area contributed by atoms with Crippen LogP contribution in [0.25, 0.3) is 0 Å². The maximum Gasteiger partial charge on any atom is 0.328 e. The van der Waals surface area contributed by atoms with Crippen molar-refractivity contribution in [2.24, 2.45) is 5.92 Å². The summed E-state index contributed by atoms with van der Waals surface area (Å²) in [7, 11) is 1.23. The molecule has 23 heavy (non-hydrogen) atoms. The fourth-order valence-electron chi connectivity index (χ4n) is 2.06. The highest BCUT2D eigenvalue weighted by molar-refractivity contribution is 6.35. The van der Waals surface area contributed by atoms with Crippen LogP contribution >= 0.6 is 23.2 Å². The van der Waals surface area contributed by atoms with Crippen LogP contribution in [0, 0.1) is 5.92 Å². The number of amides is 1. The van der Waals surface area contributed by atoms with Gasteiger partial charge in [-0.3, -0.25) is 4.79 Å². The fourth-order valence-corrected chi connectivity index (χ4v) is 2.55. The summed E-state index contributed by atoms with van der Waals surface area (Å²) in [5.74, 6) is -1.07. The third kappa shape index (κ3) is 6.37. The van der Waals surface area contributed by atoms with Gasteiger partial charge in [-0.25, -0.2) is 4.79 Å². The molecular weight excluding hydrogens is 341 g/mol. The predicted molar refractivity (Wildman–Crippen MR) is 89.6 cm³/mol. The van der Waals surface area contributed by atoms with Crippen molar-refractivity contribution < 1.29 is 19.4 Å². The predicted octanol–water partition coefficient (Wildman–Crippen LogP) is 2.60. The molecule has 0 aliphatic rings. The zero-order chi connectivity index (χ0) is 17.6. The third-order valence-corrected chi connectivity index (χ3v) is 3.83. The average Bonchev–Trinajstić information content (AvgIpc) is 2.47. The number of rotatable bonds is 7. The summed E-state index contributed by atoms with van der Waals surface area (Å²) in [5, 5.41) is 13.2. The number of nitrogens with one attached hydrogen (secondary N) is 1. The van der Waals surface area contributed by atoms with Gasteiger partial charge in [-0.05, 0) is 30.0 Å². The van der Waals surface area contributed by atoms with Crippen molar-refractivity contribution in [1.29, 1.82) is 0 Å². The maximum atomic E-state index is 12.0. The van der Waals surface area contributed by atoms with Gasteiger partial charge >= 0.3 is 5.97 Å². The molecule has 0 unspecified atom stereocenters. The van der Waals surface area contributed by atoms with Gasteiger partial charge in [0.15, 0.2) is 0 Å². The number of halogens is 2. The summed E-state index contributed by atoms with van der Waals surface area (Å²) in [6.07, 6.45) is -0.729. The first kappa shape index (κ1) is 19.7. The summed E-state index contributed by atoms with van der Waals surface area (Å²) >= 11 is 11.9. The molecule has 0 radical (unpaired) electrons. The van der Waals surface area contributed by atoms with Gasteiger partial charge in [0.25, 0.3) is 0 Å². The molecule has 128 valence electrons. The number of methoxy groups -OCH3 is 1. The molecule has 5 nitrogen and oxygen atoms in total. The first-order valence-electron chi connectivity index (χ1n) is 7.24. The van der Waals surface area contributed by atoms with Gasteiger partial charge in [-0.1, -0.05) is 43.1 Å². The maximum absolute atomic E-state index is 12.0. The number of carbonyl (C=O) groups is 2. The van der Waals surface area contributed by atoms with E-state index in [9.17, 15) is 14.7 Å². The molecule has 0 aliphatic carbocycles. The smallest absolute Gasteiger partial charge is 0.328 e. The van der Waals surface area contributed by atoms with Crippen LogP contribution in [0.5, 0.6) is 0 Å². The van der Waals surface area contributed by atoms with Gasteiger partial charge in [0.05, 0.1) is 7.11 Å². The van der Waals surface area contributed by atoms with E-state index < -0.39 is 24.0 Å². The molecule has 1 amide bonds. The Kier molecular flexibility index (Phi) is 7.82. The Labute approximate surface area is 145 Å². The topological polar surface area (TPSA) is 75.6 Å². The molecule has 0 aliphatic heterocycles. The standard InChI is InChI=1S/C16H21Cl2NO4/c1-9(2)6-14(20)15(21)19-13(16(22)23-3)7-10-4-5-11(17)8-12(10)18/h4-5,8-9,13-14,20H,6-7H2,1-3H3,(H,19,21)/t13-,14-/m1/s1. The molecule has 0 aromatic heterocycles. The largest absolute Gasteiger partial charge is 0.467 e. The third-order valence-electron chi connectivity index (χ3n) is 3.24. The highest BCUT2D eigenvalue weighted by Crippen LogP contribution is 2.22. The van der Waals surface area contributed by atoms with Crippen molar-refractivity contribution in [1.82, 2.24) is 5.32 Å². The number of carbonyl (C=O) groups excluding carboxylic acids is 2. The molecule has 1 aromatic carbocycles. The minimum atomic E-state index is -1.18. The molecule has 7 heteroatoms. The van der Waals surface area contributed by atoms with Crippen LogP contribution in [0.15, 0.2) is 18.2 Å². The Hall–Kier alpha value is -1.30. The lowest BCUT2D eigenvalue weighted by molar-refractivity contribution is -0.146.